The number of benzene rings is 1. The van der Waals surface area contributed by atoms with Gasteiger partial charge >= 0.3 is 12.0 Å². The highest BCUT2D eigenvalue weighted by Gasteiger charge is 2.49. The Hall–Kier alpha value is -2.08. The first kappa shape index (κ1) is 17.7. The number of ether oxygens (including phenoxy) is 1. The fourth-order valence-electron chi connectivity index (χ4n) is 4.07. The van der Waals surface area contributed by atoms with Crippen LogP contribution in [0, 0.1) is 5.92 Å². The summed E-state index contributed by atoms with van der Waals surface area (Å²) in [5.41, 5.74) is 1.17. The van der Waals surface area contributed by atoms with Gasteiger partial charge in [0.1, 0.15) is 0 Å². The van der Waals surface area contributed by atoms with Gasteiger partial charge in [-0.25, -0.2) is 4.79 Å². The van der Waals surface area contributed by atoms with Gasteiger partial charge in [-0.2, -0.15) is 0 Å². The molecule has 0 unspecified atom stereocenters. The highest BCUT2D eigenvalue weighted by atomic mass is 16.5. The van der Waals surface area contributed by atoms with Gasteiger partial charge < -0.3 is 15.0 Å². The van der Waals surface area contributed by atoms with Crippen LogP contribution in [0.5, 0.6) is 0 Å². The summed E-state index contributed by atoms with van der Waals surface area (Å²) >= 11 is 0. The van der Waals surface area contributed by atoms with Gasteiger partial charge in [-0.15, -0.1) is 0 Å². The van der Waals surface area contributed by atoms with Crippen LogP contribution in [-0.2, 0) is 9.53 Å². The molecule has 2 aliphatic rings. The van der Waals surface area contributed by atoms with Gasteiger partial charge in [0.15, 0.2) is 0 Å². The molecule has 1 aromatic rings. The number of urea groups is 1. The lowest BCUT2D eigenvalue weighted by atomic mass is 9.85. The minimum absolute atomic E-state index is 0.0145. The molecule has 2 aliphatic heterocycles. The normalized spacial score (nSPS) is 26.2. The predicted octanol–water partition coefficient (Wildman–Crippen LogP) is 1.68. The molecule has 0 radical (unpaired) electrons. The number of hydrogen-bond acceptors (Lipinski definition) is 4. The number of carbonyl (C=O) groups excluding carboxylic acids is 2. The van der Waals surface area contributed by atoms with Gasteiger partial charge in [0.05, 0.1) is 12.5 Å². The maximum Gasteiger partial charge on any atom is 0.317 e. The third-order valence-electron chi connectivity index (χ3n) is 5.21. The molecule has 0 spiro atoms. The van der Waals surface area contributed by atoms with E-state index >= 15 is 0 Å². The second-order valence-electron chi connectivity index (χ2n) is 6.64. The Labute approximate surface area is 149 Å². The molecule has 1 aromatic carbocycles. The van der Waals surface area contributed by atoms with Crippen molar-refractivity contribution in [2.45, 2.75) is 25.8 Å². The van der Waals surface area contributed by atoms with Crippen molar-refractivity contribution >= 4 is 12.0 Å². The van der Waals surface area contributed by atoms with E-state index in [1.165, 1.54) is 5.56 Å². The number of rotatable bonds is 4. The molecule has 6 heteroatoms. The van der Waals surface area contributed by atoms with Crippen molar-refractivity contribution in [1.29, 1.82) is 0 Å². The lowest BCUT2D eigenvalue weighted by Crippen LogP contribution is -2.56. The zero-order valence-corrected chi connectivity index (χ0v) is 15.0. The van der Waals surface area contributed by atoms with E-state index in [-0.39, 0.29) is 29.9 Å². The summed E-state index contributed by atoms with van der Waals surface area (Å²) in [6.07, 6.45) is 0. The summed E-state index contributed by atoms with van der Waals surface area (Å²) < 4.78 is 5.39. The molecular weight excluding hydrogens is 318 g/mol. The molecule has 1 N–H and O–H groups in total. The summed E-state index contributed by atoms with van der Waals surface area (Å²) in [5.74, 6) is -0.277. The standard InChI is InChI=1S/C19H27N3O3/c1-3-20-19(24)22-11-10-21-12-15(14-8-6-5-7-9-14)17(16(21)13-22)18(23)25-4-2/h5-9,15-17H,3-4,10-13H2,1-2H3,(H,20,24)/t15-,16-,17-/m1/s1. The summed E-state index contributed by atoms with van der Waals surface area (Å²) in [4.78, 5) is 29.1. The first-order valence-electron chi connectivity index (χ1n) is 9.14. The van der Waals surface area contributed by atoms with Gasteiger partial charge in [0.2, 0.25) is 0 Å². The maximum absolute atomic E-state index is 12.7. The molecule has 6 nitrogen and oxygen atoms in total. The van der Waals surface area contributed by atoms with Gasteiger partial charge in [-0.1, -0.05) is 30.3 Å². The molecule has 0 bridgehead atoms. The number of carbonyl (C=O) groups is 2. The van der Waals surface area contributed by atoms with Crippen molar-refractivity contribution in [1.82, 2.24) is 15.1 Å². The quantitative estimate of drug-likeness (QED) is 0.844. The largest absolute Gasteiger partial charge is 0.466 e. The zero-order chi connectivity index (χ0) is 17.8. The number of piperazine rings is 1. The van der Waals surface area contributed by atoms with E-state index in [9.17, 15) is 9.59 Å². The van der Waals surface area contributed by atoms with Crippen molar-refractivity contribution in [3.8, 4) is 0 Å². The van der Waals surface area contributed by atoms with Gasteiger partial charge in [0, 0.05) is 44.7 Å². The van der Waals surface area contributed by atoms with Crippen LogP contribution in [0.25, 0.3) is 0 Å². The van der Waals surface area contributed by atoms with Crippen LogP contribution in [0.2, 0.25) is 0 Å². The Balaban J connectivity index is 1.83. The fraction of sp³-hybridized carbons (Fsp3) is 0.579. The first-order valence-corrected chi connectivity index (χ1v) is 9.14. The number of fused-ring (bicyclic) bond motifs is 1. The molecule has 2 fully saturated rings. The number of amides is 2. The van der Waals surface area contributed by atoms with Gasteiger partial charge in [-0.3, -0.25) is 9.69 Å². The van der Waals surface area contributed by atoms with Crippen LogP contribution in [-0.4, -0.2) is 67.2 Å². The zero-order valence-electron chi connectivity index (χ0n) is 15.0. The van der Waals surface area contributed by atoms with Crippen molar-refractivity contribution in [3.63, 3.8) is 0 Å². The lowest BCUT2D eigenvalue weighted by Gasteiger charge is -2.38. The summed E-state index contributed by atoms with van der Waals surface area (Å²) in [7, 11) is 0. The van der Waals surface area contributed by atoms with Crippen LogP contribution < -0.4 is 5.32 Å². The molecule has 0 aromatic heterocycles. The van der Waals surface area contributed by atoms with Crippen molar-refractivity contribution in [2.75, 3.05) is 39.3 Å². The molecule has 3 atom stereocenters. The SMILES string of the molecule is CCNC(=O)N1CCN2C[C@H](c3ccccc3)[C@@H](C(=O)OCC)[C@H]2C1. The fourth-order valence-corrected chi connectivity index (χ4v) is 4.07. The minimum atomic E-state index is -0.237. The number of hydrogen-bond donors (Lipinski definition) is 1. The highest BCUT2D eigenvalue weighted by molar-refractivity contribution is 5.77. The average Bonchev–Trinajstić information content (AvgIpc) is 3.01. The average molecular weight is 345 g/mol. The second-order valence-corrected chi connectivity index (χ2v) is 6.64. The maximum atomic E-state index is 12.7. The van der Waals surface area contributed by atoms with Crippen LogP contribution in [0.1, 0.15) is 25.3 Å². The van der Waals surface area contributed by atoms with Crippen molar-refractivity contribution in [2.24, 2.45) is 5.92 Å². The molecule has 3 rings (SSSR count). The molecule has 2 heterocycles. The Morgan fingerprint density at radius 2 is 1.92 bits per heavy atom. The van der Waals surface area contributed by atoms with Crippen LogP contribution in [0.3, 0.4) is 0 Å². The number of nitrogens with zero attached hydrogens (tertiary/aromatic N) is 2. The summed E-state index contributed by atoms with van der Waals surface area (Å²) in [5, 5.41) is 2.86. The molecule has 2 saturated heterocycles. The van der Waals surface area contributed by atoms with E-state index in [0.29, 0.717) is 26.2 Å². The lowest BCUT2D eigenvalue weighted by molar-refractivity contribution is -0.149. The van der Waals surface area contributed by atoms with Gasteiger partial charge in [0.25, 0.3) is 0 Å². The Morgan fingerprint density at radius 3 is 2.60 bits per heavy atom. The topological polar surface area (TPSA) is 61.9 Å². The van der Waals surface area contributed by atoms with Crippen LogP contribution in [0.15, 0.2) is 30.3 Å². The molecule has 2 amide bonds. The van der Waals surface area contributed by atoms with Crippen molar-refractivity contribution < 1.29 is 14.3 Å². The summed E-state index contributed by atoms with van der Waals surface area (Å²) in [6.45, 7) is 7.63. The highest BCUT2D eigenvalue weighted by Crippen LogP contribution is 2.39. The molecule has 0 saturated carbocycles. The van der Waals surface area contributed by atoms with E-state index in [1.807, 2.05) is 36.9 Å². The van der Waals surface area contributed by atoms with Crippen LogP contribution in [0.4, 0.5) is 4.79 Å². The Morgan fingerprint density at radius 1 is 1.16 bits per heavy atom. The predicted molar refractivity (Wildman–Crippen MR) is 95.3 cm³/mol. The van der Waals surface area contributed by atoms with E-state index in [4.69, 9.17) is 4.74 Å². The third kappa shape index (κ3) is 3.63. The van der Waals surface area contributed by atoms with E-state index in [1.54, 1.807) is 0 Å². The second kappa shape index (κ2) is 7.87. The smallest absolute Gasteiger partial charge is 0.317 e. The Bertz CT molecular complexity index is 607. The molecule has 136 valence electrons. The first-order chi connectivity index (χ1) is 12.2. The summed E-state index contributed by atoms with van der Waals surface area (Å²) in [6, 6.07) is 10.1. The Kier molecular flexibility index (Phi) is 5.58. The molecule has 0 aliphatic carbocycles. The molecular formula is C19H27N3O3. The van der Waals surface area contributed by atoms with E-state index in [0.717, 1.165) is 13.1 Å². The van der Waals surface area contributed by atoms with E-state index in [2.05, 4.69) is 22.3 Å². The third-order valence-corrected chi connectivity index (χ3v) is 5.21. The van der Waals surface area contributed by atoms with Crippen molar-refractivity contribution in [3.05, 3.63) is 35.9 Å². The minimum Gasteiger partial charge on any atom is -0.466 e. The number of nitrogens with one attached hydrogen (secondary N) is 1. The number of esters is 1. The monoisotopic (exact) mass is 345 g/mol. The van der Waals surface area contributed by atoms with Gasteiger partial charge in [-0.05, 0) is 19.4 Å². The molecule has 25 heavy (non-hydrogen) atoms. The van der Waals surface area contributed by atoms with Crippen LogP contribution >= 0.6 is 0 Å². The van der Waals surface area contributed by atoms with E-state index < -0.39 is 0 Å².